The van der Waals surface area contributed by atoms with Crippen LogP contribution in [-0.2, 0) is 10.0 Å². The van der Waals surface area contributed by atoms with Gasteiger partial charge in [0.15, 0.2) is 5.65 Å². The molecule has 0 unspecified atom stereocenters. The predicted octanol–water partition coefficient (Wildman–Crippen LogP) is 4.27. The second-order valence-corrected chi connectivity index (χ2v) is 9.22. The smallest absolute Gasteiger partial charge is 0.269 e. The van der Waals surface area contributed by atoms with Crippen molar-refractivity contribution < 1.29 is 18.0 Å². The van der Waals surface area contributed by atoms with Gasteiger partial charge in [-0.1, -0.05) is 35.9 Å². The molecule has 2 aromatic carbocycles. The van der Waals surface area contributed by atoms with Gasteiger partial charge in [0.05, 0.1) is 34.8 Å². The normalized spacial score (nSPS) is 11.8. The minimum absolute atomic E-state index is 0.182. The van der Waals surface area contributed by atoms with Gasteiger partial charge < -0.3 is 9.57 Å². The van der Waals surface area contributed by atoms with E-state index in [1.807, 2.05) is 31.2 Å². The topological polar surface area (TPSA) is 75.3 Å². The highest BCUT2D eigenvalue weighted by atomic mass is 32.2. The van der Waals surface area contributed by atoms with Gasteiger partial charge in [-0.05, 0) is 37.3 Å². The molecule has 162 valence electrons. The number of para-hydroxylation sites is 1. The van der Waals surface area contributed by atoms with E-state index in [4.69, 9.17) is 9.57 Å². The van der Waals surface area contributed by atoms with Crippen LogP contribution in [0.1, 0.15) is 5.56 Å². The van der Waals surface area contributed by atoms with Crippen molar-refractivity contribution in [2.24, 2.45) is 0 Å². The zero-order valence-corrected chi connectivity index (χ0v) is 18.6. The third-order valence-electron chi connectivity index (χ3n) is 5.55. The molecule has 3 heterocycles. The van der Waals surface area contributed by atoms with Crippen LogP contribution in [0.4, 0.5) is 0 Å². The van der Waals surface area contributed by atoms with Gasteiger partial charge in [-0.3, -0.25) is 0 Å². The molecule has 0 fully saturated rings. The monoisotopic (exact) mass is 447 g/mol. The Balaban J connectivity index is 1.90. The lowest BCUT2D eigenvalue weighted by Crippen LogP contribution is -2.14. The molecular weight excluding hydrogens is 426 g/mol. The molecule has 0 radical (unpaired) electrons. The van der Waals surface area contributed by atoms with Gasteiger partial charge in [0, 0.05) is 17.1 Å². The van der Waals surface area contributed by atoms with Gasteiger partial charge in [-0.15, -0.1) is 0 Å². The zero-order chi connectivity index (χ0) is 22.5. The summed E-state index contributed by atoms with van der Waals surface area (Å²) in [6, 6.07) is 18.0. The lowest BCUT2D eigenvalue weighted by atomic mass is 10.1. The van der Waals surface area contributed by atoms with Crippen LogP contribution in [0.15, 0.2) is 78.0 Å². The lowest BCUT2D eigenvalue weighted by molar-refractivity contribution is 0.179. The van der Waals surface area contributed by atoms with Crippen LogP contribution in [0.25, 0.3) is 33.2 Å². The third kappa shape index (κ3) is 2.95. The minimum Gasteiger partial charge on any atom is -0.496 e. The zero-order valence-electron chi connectivity index (χ0n) is 17.8. The minimum atomic E-state index is -3.96. The maximum atomic E-state index is 13.9. The van der Waals surface area contributed by atoms with Gasteiger partial charge in [-0.2, -0.15) is 4.73 Å². The van der Waals surface area contributed by atoms with Gasteiger partial charge in [0.25, 0.3) is 10.0 Å². The molecule has 0 bridgehead atoms. The van der Waals surface area contributed by atoms with E-state index in [9.17, 15) is 8.42 Å². The number of ether oxygens (including phenoxy) is 1. The first-order chi connectivity index (χ1) is 15.5. The average Bonchev–Trinajstić information content (AvgIpc) is 3.38. The molecule has 0 spiro atoms. The fourth-order valence-corrected chi connectivity index (χ4v) is 5.46. The summed E-state index contributed by atoms with van der Waals surface area (Å²) in [5.74, 6) is 0.546. The Morgan fingerprint density at radius 2 is 1.69 bits per heavy atom. The molecule has 7 nitrogen and oxygen atoms in total. The van der Waals surface area contributed by atoms with Crippen molar-refractivity contribution >= 4 is 32.0 Å². The molecule has 0 atom stereocenters. The van der Waals surface area contributed by atoms with Crippen molar-refractivity contribution in [3.63, 3.8) is 0 Å². The number of pyridine rings is 1. The summed E-state index contributed by atoms with van der Waals surface area (Å²) in [6.07, 6.45) is 3.33. The van der Waals surface area contributed by atoms with Crippen LogP contribution in [0.5, 0.6) is 5.75 Å². The summed E-state index contributed by atoms with van der Waals surface area (Å²) < 4.78 is 36.2. The Hall–Kier alpha value is -3.78. The lowest BCUT2D eigenvalue weighted by Gasteiger charge is -2.11. The Labute approximate surface area is 185 Å². The molecule has 0 N–H and O–H groups in total. The first-order valence-corrected chi connectivity index (χ1v) is 11.4. The van der Waals surface area contributed by atoms with Gasteiger partial charge in [0.2, 0.25) is 0 Å². The van der Waals surface area contributed by atoms with Gasteiger partial charge in [0.1, 0.15) is 12.9 Å². The van der Waals surface area contributed by atoms with Crippen molar-refractivity contribution in [2.45, 2.75) is 11.8 Å². The fourth-order valence-electron chi connectivity index (χ4n) is 3.98. The summed E-state index contributed by atoms with van der Waals surface area (Å²) in [5.41, 5.74) is 3.29. The quantitative estimate of drug-likeness (QED) is 0.402. The number of hydrogen-bond acceptors (Lipinski definition) is 5. The second kappa shape index (κ2) is 7.42. The molecule has 32 heavy (non-hydrogen) atoms. The number of benzene rings is 2. The third-order valence-corrected chi connectivity index (χ3v) is 7.27. The van der Waals surface area contributed by atoms with Crippen molar-refractivity contribution in [3.05, 3.63) is 78.6 Å². The van der Waals surface area contributed by atoms with E-state index in [0.29, 0.717) is 28.0 Å². The summed E-state index contributed by atoms with van der Waals surface area (Å²) >= 11 is 0. The number of fused-ring (bicyclic) bond motifs is 2. The van der Waals surface area contributed by atoms with Crippen LogP contribution in [0.3, 0.4) is 0 Å². The van der Waals surface area contributed by atoms with E-state index in [1.165, 1.54) is 3.97 Å². The molecule has 0 amide bonds. The highest BCUT2D eigenvalue weighted by Crippen LogP contribution is 2.38. The van der Waals surface area contributed by atoms with Crippen molar-refractivity contribution in [3.8, 4) is 17.0 Å². The number of aromatic nitrogens is 3. The molecular formula is C24H21N3O4S. The van der Waals surface area contributed by atoms with Crippen LogP contribution in [-0.4, -0.2) is 36.3 Å². The second-order valence-electron chi connectivity index (χ2n) is 7.43. The fraction of sp³-hybridized carbons (Fsp3) is 0.125. The number of rotatable bonds is 5. The van der Waals surface area contributed by atoms with Crippen LogP contribution in [0.2, 0.25) is 0 Å². The summed E-state index contributed by atoms with van der Waals surface area (Å²) in [7, 11) is -0.839. The van der Waals surface area contributed by atoms with Crippen molar-refractivity contribution in [2.75, 3.05) is 14.2 Å². The Bertz CT molecular complexity index is 1560. The molecule has 0 aliphatic heterocycles. The molecule has 3 aromatic heterocycles. The molecule has 0 saturated carbocycles. The Morgan fingerprint density at radius 1 is 0.938 bits per heavy atom. The van der Waals surface area contributed by atoms with Crippen LogP contribution < -0.4 is 9.57 Å². The Kier molecular flexibility index (Phi) is 4.67. The number of methoxy groups -OCH3 is 1. The van der Waals surface area contributed by atoms with Crippen molar-refractivity contribution in [1.29, 1.82) is 0 Å². The Morgan fingerprint density at radius 3 is 2.41 bits per heavy atom. The molecule has 8 heteroatoms. The molecule has 5 rings (SSSR count). The van der Waals surface area contributed by atoms with E-state index >= 15 is 0 Å². The number of nitrogens with zero attached hydrogens (tertiary/aromatic N) is 3. The predicted molar refractivity (Wildman–Crippen MR) is 123 cm³/mol. The highest BCUT2D eigenvalue weighted by Gasteiger charge is 2.27. The number of aryl methyl sites for hydroxylation is 1. The van der Waals surface area contributed by atoms with Gasteiger partial charge >= 0.3 is 0 Å². The van der Waals surface area contributed by atoms with E-state index in [1.54, 1.807) is 67.7 Å². The maximum absolute atomic E-state index is 13.9. The summed E-state index contributed by atoms with van der Waals surface area (Å²) in [6.45, 7) is 1.92. The van der Waals surface area contributed by atoms with E-state index < -0.39 is 10.0 Å². The summed E-state index contributed by atoms with van der Waals surface area (Å²) in [5, 5.41) is 1.46. The maximum Gasteiger partial charge on any atom is 0.269 e. The van der Waals surface area contributed by atoms with E-state index in [-0.39, 0.29) is 4.90 Å². The largest absolute Gasteiger partial charge is 0.496 e. The van der Waals surface area contributed by atoms with Gasteiger partial charge in [-0.25, -0.2) is 17.4 Å². The molecule has 0 saturated heterocycles. The summed E-state index contributed by atoms with van der Waals surface area (Å²) in [4.78, 5) is 10.1. The van der Waals surface area contributed by atoms with E-state index in [0.717, 1.165) is 16.5 Å². The molecule has 5 aromatic rings. The van der Waals surface area contributed by atoms with E-state index in [2.05, 4.69) is 4.98 Å². The standard InChI is InChI=1S/C24H21N3O4S/c1-16-8-10-17(11-9-16)32(28,29)27-22(14-19-23(30-2)12-13-25-24(19)27)20-15-26(31-3)21-7-5-4-6-18(20)21/h4-15H,1-3H3. The molecule has 0 aliphatic carbocycles. The van der Waals surface area contributed by atoms with Crippen LogP contribution in [0, 0.1) is 6.92 Å². The SMILES string of the molecule is COc1ccnc2c1cc(-c1cn(OC)c3ccccc13)n2S(=O)(=O)c1ccc(C)cc1. The highest BCUT2D eigenvalue weighted by molar-refractivity contribution is 7.90. The number of hydrogen-bond donors (Lipinski definition) is 0. The van der Waals surface area contributed by atoms with Crippen LogP contribution >= 0.6 is 0 Å². The molecule has 0 aliphatic rings. The first kappa shape index (κ1) is 20.1. The van der Waals surface area contributed by atoms with Crippen molar-refractivity contribution in [1.82, 2.24) is 13.7 Å². The first-order valence-electron chi connectivity index (χ1n) is 9.97. The average molecular weight is 448 g/mol.